The van der Waals surface area contributed by atoms with E-state index in [0.717, 1.165) is 22.4 Å². The molecule has 5 atom stereocenters. The number of amides is 4. The summed E-state index contributed by atoms with van der Waals surface area (Å²) in [5.74, 6) is -2.11. The minimum atomic E-state index is -1.31. The van der Waals surface area contributed by atoms with Crippen LogP contribution in [0.15, 0.2) is 17.3 Å². The number of aliphatic hydroxyl groups excluding tert-OH is 1. The molecule has 0 saturated carbocycles. The minimum Gasteiger partial charge on any atom is -0.493 e. The SMILES string of the molecule is CCOc1c(C)cc(C2=NO[C@]3(C2)C[C@@H](C(=O)N[C@@H](CCO)C(=O)C(=O)NC)N(C(=O)[C@@H](NC(=O)C[C@@H](C)C(C)C)C(C)(C)C)C3)cc1C. The van der Waals surface area contributed by atoms with Crippen molar-refractivity contribution in [2.45, 2.75) is 112 Å². The number of nitrogens with one attached hydrogen (secondary N) is 3. The van der Waals surface area contributed by atoms with Crippen molar-refractivity contribution in [2.24, 2.45) is 22.4 Å². The number of ketones is 1. The molecule has 0 aliphatic carbocycles. The number of carbonyl (C=O) groups excluding carboxylic acids is 5. The molecule has 3 rings (SSSR count). The fourth-order valence-corrected chi connectivity index (χ4v) is 6.28. The zero-order chi connectivity index (χ0) is 36.8. The first kappa shape index (κ1) is 39.4. The second-order valence-corrected chi connectivity index (χ2v) is 14.9. The third-order valence-corrected chi connectivity index (χ3v) is 9.47. The third-order valence-electron chi connectivity index (χ3n) is 9.47. The van der Waals surface area contributed by atoms with E-state index in [1.807, 2.05) is 74.4 Å². The maximum absolute atomic E-state index is 14.5. The number of likely N-dealkylation sites (tertiary alicyclic amines) is 1. The molecule has 0 unspecified atom stereocenters. The zero-order valence-electron chi connectivity index (χ0n) is 30.7. The van der Waals surface area contributed by atoms with Crippen LogP contribution in [-0.2, 0) is 28.8 Å². The normalized spacial score (nSPS) is 20.7. The molecule has 0 radical (unpaired) electrons. The van der Waals surface area contributed by atoms with Gasteiger partial charge in [0.2, 0.25) is 23.5 Å². The molecule has 2 aliphatic heterocycles. The Balaban J connectivity index is 1.98. The van der Waals surface area contributed by atoms with Gasteiger partial charge in [-0.2, -0.15) is 0 Å². The van der Waals surface area contributed by atoms with Crippen molar-refractivity contribution in [3.05, 3.63) is 28.8 Å². The van der Waals surface area contributed by atoms with E-state index in [2.05, 4.69) is 21.1 Å². The van der Waals surface area contributed by atoms with Crippen molar-refractivity contribution in [1.29, 1.82) is 0 Å². The van der Waals surface area contributed by atoms with E-state index in [-0.39, 0.29) is 43.6 Å². The van der Waals surface area contributed by atoms with Crippen LogP contribution in [0.1, 0.15) is 90.8 Å². The van der Waals surface area contributed by atoms with Gasteiger partial charge >= 0.3 is 0 Å². The number of oxime groups is 1. The van der Waals surface area contributed by atoms with Crippen molar-refractivity contribution >= 4 is 35.1 Å². The molecule has 4 amide bonds. The highest BCUT2D eigenvalue weighted by atomic mass is 16.7. The number of likely N-dealkylation sites (N-methyl/N-ethyl adjacent to an activating group) is 1. The van der Waals surface area contributed by atoms with Gasteiger partial charge in [-0.25, -0.2) is 0 Å². The molecule has 1 spiro atoms. The molecule has 0 bridgehead atoms. The lowest BCUT2D eigenvalue weighted by molar-refractivity contribution is -0.145. The Bertz CT molecular complexity index is 1430. The largest absolute Gasteiger partial charge is 0.493 e. The molecule has 4 N–H and O–H groups in total. The van der Waals surface area contributed by atoms with Crippen LogP contribution in [0.4, 0.5) is 0 Å². The lowest BCUT2D eigenvalue weighted by atomic mass is 9.85. The van der Waals surface area contributed by atoms with E-state index in [9.17, 15) is 29.1 Å². The summed E-state index contributed by atoms with van der Waals surface area (Å²) < 4.78 is 5.80. The fourth-order valence-electron chi connectivity index (χ4n) is 6.28. The van der Waals surface area contributed by atoms with Crippen LogP contribution >= 0.6 is 0 Å². The molecule has 2 aliphatic rings. The predicted octanol–water partition coefficient (Wildman–Crippen LogP) is 2.56. The lowest BCUT2D eigenvalue weighted by Gasteiger charge is -2.36. The summed E-state index contributed by atoms with van der Waals surface area (Å²) in [4.78, 5) is 74.1. The van der Waals surface area contributed by atoms with Gasteiger partial charge in [0.25, 0.3) is 5.91 Å². The Kier molecular flexibility index (Phi) is 13.0. The highest BCUT2D eigenvalue weighted by Crippen LogP contribution is 2.41. The van der Waals surface area contributed by atoms with Crippen LogP contribution < -0.4 is 20.7 Å². The molecule has 1 fully saturated rings. The summed E-state index contributed by atoms with van der Waals surface area (Å²) in [7, 11) is 1.30. The summed E-state index contributed by atoms with van der Waals surface area (Å²) in [5, 5.41) is 21.8. The molecule has 13 nitrogen and oxygen atoms in total. The summed E-state index contributed by atoms with van der Waals surface area (Å²) in [6.45, 7) is 17.5. The molecule has 1 aromatic carbocycles. The van der Waals surface area contributed by atoms with Gasteiger partial charge < -0.3 is 35.5 Å². The van der Waals surface area contributed by atoms with E-state index >= 15 is 0 Å². The number of Topliss-reactive ketones (excluding diaryl/α,β-unsaturated/α-hetero) is 1. The number of nitrogens with zero attached hydrogens (tertiary/aromatic N) is 2. The Morgan fingerprint density at radius 2 is 1.73 bits per heavy atom. The van der Waals surface area contributed by atoms with Crippen molar-refractivity contribution in [1.82, 2.24) is 20.9 Å². The van der Waals surface area contributed by atoms with Crippen LogP contribution in [0, 0.1) is 31.1 Å². The summed E-state index contributed by atoms with van der Waals surface area (Å²) in [5.41, 5.74) is 1.57. The van der Waals surface area contributed by atoms with Gasteiger partial charge in [0.05, 0.1) is 24.9 Å². The van der Waals surface area contributed by atoms with Gasteiger partial charge in [-0.15, -0.1) is 0 Å². The smallest absolute Gasteiger partial charge is 0.289 e. The molecule has 1 saturated heterocycles. The van der Waals surface area contributed by atoms with Gasteiger partial charge in [-0.05, 0) is 67.7 Å². The Morgan fingerprint density at radius 3 is 2.27 bits per heavy atom. The van der Waals surface area contributed by atoms with E-state index in [0.29, 0.717) is 18.7 Å². The average molecular weight is 686 g/mol. The van der Waals surface area contributed by atoms with Crippen LogP contribution in [-0.4, -0.2) is 95.7 Å². The Labute approximate surface area is 289 Å². The predicted molar refractivity (Wildman–Crippen MR) is 185 cm³/mol. The summed E-state index contributed by atoms with van der Waals surface area (Å²) in [6, 6.07) is 0.514. The molecule has 2 heterocycles. The van der Waals surface area contributed by atoms with E-state index in [1.54, 1.807) is 0 Å². The second kappa shape index (κ2) is 16.1. The first-order valence-electron chi connectivity index (χ1n) is 17.1. The number of ether oxygens (including phenoxy) is 1. The monoisotopic (exact) mass is 685 g/mol. The lowest BCUT2D eigenvalue weighted by Crippen LogP contribution is -2.59. The van der Waals surface area contributed by atoms with Crippen LogP contribution in [0.3, 0.4) is 0 Å². The van der Waals surface area contributed by atoms with Gasteiger partial charge in [0.1, 0.15) is 17.8 Å². The van der Waals surface area contributed by atoms with Gasteiger partial charge in [-0.3, -0.25) is 24.0 Å². The highest BCUT2D eigenvalue weighted by molar-refractivity contribution is 6.38. The number of aliphatic hydroxyl groups is 1. The third kappa shape index (κ3) is 9.37. The number of aryl methyl sites for hydroxylation is 2. The standard InChI is InChI=1S/C36H55N5O8/c1-11-48-30-22(5)14-24(15-23(30)6)26-17-36(49-40-26)18-27(32(45)38-25(12-13-42)29(44)33(46)37-10)41(19-36)34(47)31(35(7,8)9)39-28(43)16-21(4)20(2)3/h14-15,20-21,25,27,31,42H,11-13,16-19H2,1-10H3,(H,37,46)(H,38,45)(H,39,43)/t21-,25+,27+,31-,36-/m1/s1. The minimum absolute atomic E-state index is 0.00911. The number of carbonyl (C=O) groups is 5. The van der Waals surface area contributed by atoms with Crippen LogP contribution in [0.5, 0.6) is 5.75 Å². The summed E-state index contributed by atoms with van der Waals surface area (Å²) in [6.07, 6.45) is 0.376. The van der Waals surface area contributed by atoms with Gasteiger partial charge in [0.15, 0.2) is 5.60 Å². The second-order valence-electron chi connectivity index (χ2n) is 14.9. The van der Waals surface area contributed by atoms with Crippen molar-refractivity contribution in [3.63, 3.8) is 0 Å². The van der Waals surface area contributed by atoms with Crippen LogP contribution in [0.2, 0.25) is 0 Å². The number of benzene rings is 1. The number of rotatable bonds is 14. The number of hydrogen-bond donors (Lipinski definition) is 4. The van der Waals surface area contributed by atoms with Crippen molar-refractivity contribution < 1.29 is 38.7 Å². The van der Waals surface area contributed by atoms with Gasteiger partial charge in [-0.1, -0.05) is 46.7 Å². The first-order chi connectivity index (χ1) is 22.9. The molecule has 13 heteroatoms. The first-order valence-corrected chi connectivity index (χ1v) is 17.1. The van der Waals surface area contributed by atoms with Gasteiger partial charge in [0, 0.05) is 38.5 Å². The zero-order valence-corrected chi connectivity index (χ0v) is 30.7. The van der Waals surface area contributed by atoms with E-state index < -0.39 is 59.3 Å². The molecule has 49 heavy (non-hydrogen) atoms. The maximum Gasteiger partial charge on any atom is 0.289 e. The van der Waals surface area contributed by atoms with E-state index in [1.165, 1.54) is 11.9 Å². The number of hydrogen-bond acceptors (Lipinski definition) is 9. The quantitative estimate of drug-likeness (QED) is 0.216. The van der Waals surface area contributed by atoms with Crippen molar-refractivity contribution in [3.8, 4) is 5.75 Å². The Morgan fingerprint density at radius 1 is 1.10 bits per heavy atom. The van der Waals surface area contributed by atoms with Crippen LogP contribution in [0.25, 0.3) is 0 Å². The molecular formula is C36H55N5O8. The Hall–Kier alpha value is -4.00. The summed E-state index contributed by atoms with van der Waals surface area (Å²) >= 11 is 0. The molecule has 0 aromatic heterocycles. The maximum atomic E-state index is 14.5. The molecular weight excluding hydrogens is 630 g/mol. The van der Waals surface area contributed by atoms with Crippen molar-refractivity contribution in [2.75, 3.05) is 26.8 Å². The average Bonchev–Trinajstić information content (AvgIpc) is 3.63. The van der Waals surface area contributed by atoms with E-state index in [4.69, 9.17) is 9.57 Å². The molecule has 1 aromatic rings. The molecule has 272 valence electrons. The topological polar surface area (TPSA) is 176 Å². The highest BCUT2D eigenvalue weighted by Gasteiger charge is 2.55. The fraction of sp³-hybridized carbons (Fsp3) is 0.667.